The summed E-state index contributed by atoms with van der Waals surface area (Å²) in [5.41, 5.74) is 2.60. The molecule has 0 atom stereocenters. The molecule has 0 radical (unpaired) electrons. The van der Waals surface area contributed by atoms with Gasteiger partial charge in [-0.25, -0.2) is 0 Å². The highest BCUT2D eigenvalue weighted by Gasteiger charge is 2.05. The van der Waals surface area contributed by atoms with Gasteiger partial charge in [-0.15, -0.1) is 0 Å². The molecule has 0 aromatic heterocycles. The van der Waals surface area contributed by atoms with Gasteiger partial charge in [0.15, 0.2) is 0 Å². The fourth-order valence-corrected chi connectivity index (χ4v) is 1.94. The summed E-state index contributed by atoms with van der Waals surface area (Å²) in [6.45, 7) is 2.16. The van der Waals surface area contributed by atoms with Crippen molar-refractivity contribution in [2.45, 2.75) is 6.92 Å². The first-order valence-corrected chi connectivity index (χ1v) is 6.38. The van der Waals surface area contributed by atoms with Crippen molar-refractivity contribution in [3.8, 4) is 0 Å². The summed E-state index contributed by atoms with van der Waals surface area (Å²) in [5.74, 6) is -0.130. The van der Waals surface area contributed by atoms with Gasteiger partial charge in [-0.1, -0.05) is 35.9 Å². The molecule has 19 heavy (non-hydrogen) atoms. The van der Waals surface area contributed by atoms with Gasteiger partial charge in [-0.2, -0.15) is 0 Å². The molecule has 1 amide bonds. The van der Waals surface area contributed by atoms with E-state index < -0.39 is 0 Å². The van der Waals surface area contributed by atoms with E-state index in [0.29, 0.717) is 10.7 Å². The molecule has 0 aliphatic carbocycles. The molecular weight excluding hydrogens is 260 g/mol. The number of aryl methyl sites for hydroxylation is 1. The summed E-state index contributed by atoms with van der Waals surface area (Å²) in [6, 6.07) is 15.1. The van der Waals surface area contributed by atoms with E-state index in [2.05, 4.69) is 10.6 Å². The summed E-state index contributed by atoms with van der Waals surface area (Å²) < 4.78 is 0. The van der Waals surface area contributed by atoms with E-state index >= 15 is 0 Å². The molecule has 0 aliphatic heterocycles. The van der Waals surface area contributed by atoms with Gasteiger partial charge in [-0.3, -0.25) is 4.79 Å². The zero-order valence-corrected chi connectivity index (χ0v) is 11.4. The summed E-state index contributed by atoms with van der Waals surface area (Å²) in [7, 11) is 0. The highest BCUT2D eigenvalue weighted by molar-refractivity contribution is 6.33. The Balaban J connectivity index is 1.91. The molecule has 3 nitrogen and oxygen atoms in total. The number of hydrogen-bond acceptors (Lipinski definition) is 2. The van der Waals surface area contributed by atoms with Crippen molar-refractivity contribution in [1.82, 2.24) is 0 Å². The number of rotatable bonds is 4. The van der Waals surface area contributed by atoms with Crippen LogP contribution in [-0.2, 0) is 4.79 Å². The van der Waals surface area contributed by atoms with Gasteiger partial charge in [0.25, 0.3) is 0 Å². The molecule has 0 fully saturated rings. The lowest BCUT2D eigenvalue weighted by atomic mass is 10.2. The Morgan fingerprint density at radius 1 is 1.16 bits per heavy atom. The van der Waals surface area contributed by atoms with Gasteiger partial charge in [0.05, 0.1) is 17.3 Å². The Bertz CT molecular complexity index is 570. The Hall–Kier alpha value is -2.00. The lowest BCUT2D eigenvalue weighted by Gasteiger charge is -2.09. The topological polar surface area (TPSA) is 41.1 Å². The van der Waals surface area contributed by atoms with Crippen molar-refractivity contribution >= 4 is 28.9 Å². The average Bonchev–Trinajstić information content (AvgIpc) is 2.41. The maximum atomic E-state index is 11.8. The van der Waals surface area contributed by atoms with Crippen molar-refractivity contribution in [3.63, 3.8) is 0 Å². The molecule has 2 rings (SSSR count). The molecule has 0 heterocycles. The Kier molecular flexibility index (Phi) is 4.42. The van der Waals surface area contributed by atoms with E-state index in [1.165, 1.54) is 0 Å². The van der Waals surface area contributed by atoms with Gasteiger partial charge in [-0.05, 0) is 36.8 Å². The third-order valence-electron chi connectivity index (χ3n) is 2.63. The van der Waals surface area contributed by atoms with E-state index in [9.17, 15) is 4.79 Å². The molecule has 0 spiro atoms. The number of amides is 1. The minimum absolute atomic E-state index is 0.130. The molecule has 0 saturated carbocycles. The molecule has 2 N–H and O–H groups in total. The van der Waals surface area contributed by atoms with Crippen LogP contribution in [0.2, 0.25) is 5.02 Å². The largest absolute Gasteiger partial charge is 0.376 e. The van der Waals surface area contributed by atoms with Crippen LogP contribution in [0.5, 0.6) is 0 Å². The van der Waals surface area contributed by atoms with Gasteiger partial charge >= 0.3 is 0 Å². The molecule has 2 aromatic carbocycles. The van der Waals surface area contributed by atoms with E-state index in [4.69, 9.17) is 11.6 Å². The Labute approximate surface area is 117 Å². The number of anilines is 2. The van der Waals surface area contributed by atoms with Crippen LogP contribution in [0.3, 0.4) is 0 Å². The lowest BCUT2D eigenvalue weighted by molar-refractivity contribution is -0.114. The smallest absolute Gasteiger partial charge is 0.243 e. The van der Waals surface area contributed by atoms with Crippen LogP contribution in [0.15, 0.2) is 48.5 Å². The molecule has 2 aromatic rings. The fourth-order valence-electron chi connectivity index (χ4n) is 1.65. The first-order chi connectivity index (χ1) is 9.15. The van der Waals surface area contributed by atoms with Crippen LogP contribution in [-0.4, -0.2) is 12.5 Å². The monoisotopic (exact) mass is 274 g/mol. The third-order valence-corrected chi connectivity index (χ3v) is 2.94. The Morgan fingerprint density at radius 2 is 1.89 bits per heavy atom. The standard InChI is InChI=1S/C15H15ClN2O/c1-11-7-8-14(13(16)9-11)18-15(19)10-17-12-5-3-2-4-6-12/h2-9,17H,10H2,1H3,(H,18,19). The fraction of sp³-hybridized carbons (Fsp3) is 0.133. The second-order valence-corrected chi connectivity index (χ2v) is 4.66. The van der Waals surface area contributed by atoms with Gasteiger partial charge in [0.2, 0.25) is 5.91 Å². The summed E-state index contributed by atoms with van der Waals surface area (Å²) in [5, 5.41) is 6.36. The third kappa shape index (κ3) is 4.00. The zero-order valence-electron chi connectivity index (χ0n) is 10.6. The Morgan fingerprint density at radius 3 is 2.58 bits per heavy atom. The van der Waals surface area contributed by atoms with Crippen molar-refractivity contribution in [2.75, 3.05) is 17.2 Å². The van der Waals surface area contributed by atoms with Crippen LogP contribution >= 0.6 is 11.6 Å². The van der Waals surface area contributed by atoms with Gasteiger partial charge in [0, 0.05) is 5.69 Å². The first kappa shape index (κ1) is 13.4. The second-order valence-electron chi connectivity index (χ2n) is 4.25. The van der Waals surface area contributed by atoms with Crippen LogP contribution in [0.4, 0.5) is 11.4 Å². The number of para-hydroxylation sites is 1. The summed E-state index contributed by atoms with van der Waals surface area (Å²) >= 11 is 6.06. The molecule has 0 saturated heterocycles. The predicted octanol–water partition coefficient (Wildman–Crippen LogP) is 3.70. The predicted molar refractivity (Wildman–Crippen MR) is 79.8 cm³/mol. The second kappa shape index (κ2) is 6.25. The molecule has 0 aliphatic rings. The number of benzene rings is 2. The van der Waals surface area contributed by atoms with E-state index in [0.717, 1.165) is 11.3 Å². The molecule has 0 bridgehead atoms. The average molecular weight is 275 g/mol. The van der Waals surface area contributed by atoms with Crippen LogP contribution < -0.4 is 10.6 Å². The van der Waals surface area contributed by atoms with E-state index in [1.807, 2.05) is 49.4 Å². The lowest BCUT2D eigenvalue weighted by Crippen LogP contribution is -2.21. The molecule has 0 unspecified atom stereocenters. The van der Waals surface area contributed by atoms with Gasteiger partial charge < -0.3 is 10.6 Å². The molecular formula is C15H15ClN2O. The maximum Gasteiger partial charge on any atom is 0.243 e. The first-order valence-electron chi connectivity index (χ1n) is 6.00. The van der Waals surface area contributed by atoms with E-state index in [1.54, 1.807) is 6.07 Å². The van der Waals surface area contributed by atoms with Crippen LogP contribution in [0.1, 0.15) is 5.56 Å². The van der Waals surface area contributed by atoms with Crippen LogP contribution in [0, 0.1) is 6.92 Å². The number of nitrogens with one attached hydrogen (secondary N) is 2. The highest BCUT2D eigenvalue weighted by atomic mass is 35.5. The number of hydrogen-bond donors (Lipinski definition) is 2. The number of carbonyl (C=O) groups is 1. The van der Waals surface area contributed by atoms with Crippen molar-refractivity contribution in [3.05, 3.63) is 59.1 Å². The minimum Gasteiger partial charge on any atom is -0.376 e. The van der Waals surface area contributed by atoms with Crippen LogP contribution in [0.25, 0.3) is 0 Å². The summed E-state index contributed by atoms with van der Waals surface area (Å²) in [4.78, 5) is 11.8. The number of halogens is 1. The highest BCUT2D eigenvalue weighted by Crippen LogP contribution is 2.22. The van der Waals surface area contributed by atoms with Crippen molar-refractivity contribution < 1.29 is 4.79 Å². The summed E-state index contributed by atoms with van der Waals surface area (Å²) in [6.07, 6.45) is 0. The minimum atomic E-state index is -0.130. The van der Waals surface area contributed by atoms with E-state index in [-0.39, 0.29) is 12.5 Å². The molecule has 4 heteroatoms. The quantitative estimate of drug-likeness (QED) is 0.893. The zero-order chi connectivity index (χ0) is 13.7. The normalized spacial score (nSPS) is 10.0. The molecule has 98 valence electrons. The maximum absolute atomic E-state index is 11.8. The van der Waals surface area contributed by atoms with Crippen molar-refractivity contribution in [2.24, 2.45) is 0 Å². The van der Waals surface area contributed by atoms with Gasteiger partial charge in [0.1, 0.15) is 0 Å². The van der Waals surface area contributed by atoms with Crippen molar-refractivity contribution in [1.29, 1.82) is 0 Å². The SMILES string of the molecule is Cc1ccc(NC(=O)CNc2ccccc2)c(Cl)c1. The number of carbonyl (C=O) groups excluding carboxylic acids is 1.